The second-order valence-electron chi connectivity index (χ2n) is 8.84. The fourth-order valence-corrected chi connectivity index (χ4v) is 6.76. The van der Waals surface area contributed by atoms with Gasteiger partial charge in [0.25, 0.3) is 0 Å². The van der Waals surface area contributed by atoms with E-state index in [0.29, 0.717) is 0 Å². The maximum atomic E-state index is 4.84. The first-order valence-electron chi connectivity index (χ1n) is 11.5. The average molecular weight is 451 g/mol. The Kier molecular flexibility index (Phi) is 3.63. The Hall–Kier alpha value is -4.09. The molecule has 0 saturated heterocycles. The van der Waals surface area contributed by atoms with E-state index in [1.165, 1.54) is 53.9 Å². The van der Waals surface area contributed by atoms with E-state index in [0.717, 1.165) is 5.69 Å². The van der Waals surface area contributed by atoms with Crippen molar-refractivity contribution in [1.29, 1.82) is 0 Å². The minimum absolute atomic E-state index is 0.0124. The van der Waals surface area contributed by atoms with Crippen LogP contribution in [0, 0.1) is 0 Å². The zero-order chi connectivity index (χ0) is 22.2. The van der Waals surface area contributed by atoms with Crippen LogP contribution in [0.2, 0.25) is 0 Å². The summed E-state index contributed by atoms with van der Waals surface area (Å²) in [5.74, 6) is 0. The van der Waals surface area contributed by atoms with Crippen molar-refractivity contribution in [2.24, 2.45) is 0 Å². The smallest absolute Gasteiger partial charge is 0.360 e. The minimum Gasteiger partial charge on any atom is -0.360 e. The fraction of sp³-hybridized carbons (Fsp3) is 0. The van der Waals surface area contributed by atoms with Crippen LogP contribution in [0.15, 0.2) is 109 Å². The highest BCUT2D eigenvalue weighted by Gasteiger charge is 2.48. The molecule has 0 fully saturated rings. The molecule has 3 nitrogen and oxygen atoms in total. The van der Waals surface area contributed by atoms with Gasteiger partial charge in [-0.2, -0.15) is 0 Å². The van der Waals surface area contributed by atoms with Crippen molar-refractivity contribution in [3.63, 3.8) is 0 Å². The summed E-state index contributed by atoms with van der Waals surface area (Å²) in [7, 11) is 0. The van der Waals surface area contributed by atoms with E-state index in [2.05, 4.69) is 113 Å². The number of benzene rings is 4. The molecule has 2 aliphatic heterocycles. The van der Waals surface area contributed by atoms with Crippen molar-refractivity contribution in [3.05, 3.63) is 109 Å². The van der Waals surface area contributed by atoms with Gasteiger partial charge in [-0.15, -0.1) is 11.3 Å². The number of para-hydroxylation sites is 3. The van der Waals surface area contributed by atoms with Gasteiger partial charge in [-0.25, -0.2) is 0 Å². The molecule has 4 heterocycles. The maximum absolute atomic E-state index is 4.84. The third-order valence-electron chi connectivity index (χ3n) is 7.06. The van der Waals surface area contributed by atoms with Crippen LogP contribution in [0.3, 0.4) is 0 Å². The molecule has 158 valence electrons. The van der Waals surface area contributed by atoms with Gasteiger partial charge in [0, 0.05) is 43.3 Å². The lowest BCUT2D eigenvalue weighted by atomic mass is 9.60. The monoisotopic (exact) mass is 451 g/mol. The number of rotatable bonds is 1. The first kappa shape index (κ1) is 18.4. The molecule has 6 aromatic rings. The predicted octanol–water partition coefficient (Wildman–Crippen LogP) is 7.12. The summed E-state index contributed by atoms with van der Waals surface area (Å²) in [6.07, 6.45) is 1.90. The summed E-state index contributed by atoms with van der Waals surface area (Å²) < 4.78 is 2.66. The van der Waals surface area contributed by atoms with Gasteiger partial charge in [-0.3, -0.25) is 4.98 Å². The Morgan fingerprint density at radius 3 is 2.26 bits per heavy atom. The van der Waals surface area contributed by atoms with Crippen molar-refractivity contribution in [3.8, 4) is 11.3 Å². The number of fused-ring (bicyclic) bond motifs is 11. The number of anilines is 4. The third-order valence-corrected chi connectivity index (χ3v) is 8.22. The van der Waals surface area contributed by atoms with E-state index in [1.807, 2.05) is 17.5 Å². The molecule has 0 amide bonds. The van der Waals surface area contributed by atoms with E-state index in [9.17, 15) is 0 Å². The number of nitrogens with zero attached hydrogens (tertiary/aromatic N) is 3. The van der Waals surface area contributed by atoms with E-state index in [1.54, 1.807) is 0 Å². The predicted molar refractivity (Wildman–Crippen MR) is 145 cm³/mol. The molecule has 0 bridgehead atoms. The Bertz CT molecular complexity index is 1760. The lowest BCUT2D eigenvalue weighted by molar-refractivity contribution is 1.29. The molecule has 2 aromatic heterocycles. The molecule has 0 atom stereocenters. The van der Waals surface area contributed by atoms with Crippen molar-refractivity contribution in [2.75, 3.05) is 9.62 Å². The highest BCUT2D eigenvalue weighted by molar-refractivity contribution is 7.25. The lowest BCUT2D eigenvalue weighted by Crippen LogP contribution is -2.55. The first-order chi connectivity index (χ1) is 16.9. The van der Waals surface area contributed by atoms with Crippen LogP contribution in [-0.2, 0) is 0 Å². The van der Waals surface area contributed by atoms with Crippen LogP contribution >= 0.6 is 11.3 Å². The molecule has 4 aromatic carbocycles. The largest absolute Gasteiger partial charge is 0.423 e. The van der Waals surface area contributed by atoms with Gasteiger partial charge < -0.3 is 9.62 Å². The van der Waals surface area contributed by atoms with Crippen LogP contribution in [0.5, 0.6) is 0 Å². The molecule has 0 unspecified atom stereocenters. The van der Waals surface area contributed by atoms with E-state index < -0.39 is 0 Å². The highest BCUT2D eigenvalue weighted by Crippen LogP contribution is 2.51. The standard InChI is InChI=1S/C29H18BN3S/c1-3-11-24-21(9-1)29-23(10-7-17-31-29)30-32(25-12-4-5-13-26(25)33(24)30)19-15-16-28-22(18-19)20-8-2-6-14-27(20)34-28/h1-18H. The van der Waals surface area contributed by atoms with Gasteiger partial charge in [0.1, 0.15) is 0 Å². The number of pyridine rings is 1. The van der Waals surface area contributed by atoms with E-state index >= 15 is 0 Å². The summed E-state index contributed by atoms with van der Waals surface area (Å²) in [6, 6.07) is 37.3. The Morgan fingerprint density at radius 2 is 1.35 bits per heavy atom. The first-order valence-corrected chi connectivity index (χ1v) is 12.3. The van der Waals surface area contributed by atoms with Crippen LogP contribution < -0.4 is 15.1 Å². The molecular weight excluding hydrogens is 433 g/mol. The lowest BCUT2D eigenvalue weighted by Gasteiger charge is -2.35. The molecule has 0 aliphatic carbocycles. The zero-order valence-electron chi connectivity index (χ0n) is 18.2. The van der Waals surface area contributed by atoms with E-state index in [4.69, 9.17) is 4.98 Å². The second-order valence-corrected chi connectivity index (χ2v) is 9.92. The van der Waals surface area contributed by atoms with Crippen molar-refractivity contribution in [2.45, 2.75) is 0 Å². The maximum Gasteiger partial charge on any atom is 0.423 e. The Morgan fingerprint density at radius 1 is 0.618 bits per heavy atom. The van der Waals surface area contributed by atoms with Gasteiger partial charge in [0.2, 0.25) is 0 Å². The van der Waals surface area contributed by atoms with Crippen LogP contribution in [0.1, 0.15) is 0 Å². The number of hydrogen-bond donors (Lipinski definition) is 0. The normalized spacial score (nSPS) is 13.7. The summed E-state index contributed by atoms with van der Waals surface area (Å²) in [4.78, 5) is 9.80. The molecule has 8 rings (SSSR count). The second kappa shape index (κ2) is 6.72. The van der Waals surface area contributed by atoms with Crippen LogP contribution in [0.4, 0.5) is 22.7 Å². The Labute approximate surface area is 201 Å². The molecule has 5 heteroatoms. The van der Waals surface area contributed by atoms with Crippen molar-refractivity contribution in [1.82, 2.24) is 4.98 Å². The van der Waals surface area contributed by atoms with Gasteiger partial charge in [0.15, 0.2) is 0 Å². The molecule has 0 radical (unpaired) electrons. The van der Waals surface area contributed by atoms with E-state index in [-0.39, 0.29) is 6.98 Å². The topological polar surface area (TPSA) is 19.4 Å². The average Bonchev–Trinajstić information content (AvgIpc) is 3.45. The molecule has 0 saturated carbocycles. The quantitative estimate of drug-likeness (QED) is 0.248. The molecule has 34 heavy (non-hydrogen) atoms. The summed E-state index contributed by atoms with van der Waals surface area (Å²) >= 11 is 1.86. The number of hydrogen-bond acceptors (Lipinski definition) is 4. The van der Waals surface area contributed by atoms with Gasteiger partial charge in [-0.05, 0) is 54.0 Å². The van der Waals surface area contributed by atoms with Gasteiger partial charge >= 0.3 is 6.98 Å². The van der Waals surface area contributed by atoms with Crippen LogP contribution in [0.25, 0.3) is 31.4 Å². The summed E-state index contributed by atoms with van der Waals surface area (Å²) in [5, 5.41) is 2.64. The molecule has 0 N–H and O–H groups in total. The summed E-state index contributed by atoms with van der Waals surface area (Å²) in [5.41, 5.74) is 8.33. The minimum atomic E-state index is 0.0124. The van der Waals surface area contributed by atoms with Crippen molar-refractivity contribution >= 4 is 66.7 Å². The Balaban J connectivity index is 1.42. The zero-order valence-corrected chi connectivity index (χ0v) is 19.0. The number of thiophene rings is 1. The van der Waals surface area contributed by atoms with Crippen molar-refractivity contribution < 1.29 is 0 Å². The highest BCUT2D eigenvalue weighted by atomic mass is 32.1. The molecule has 2 aliphatic rings. The molecule has 0 spiro atoms. The SMILES string of the molecule is c1cnc2c(c1)B1N(c3ccc4sc5ccccc5c4c3)c3ccccc3N1c1ccccc1-2. The fourth-order valence-electron chi connectivity index (χ4n) is 5.67. The third kappa shape index (κ3) is 2.34. The van der Waals surface area contributed by atoms with Gasteiger partial charge in [-0.1, -0.05) is 54.6 Å². The number of aromatic nitrogens is 1. The summed E-state index contributed by atoms with van der Waals surface area (Å²) in [6.45, 7) is 0.0124. The van der Waals surface area contributed by atoms with Gasteiger partial charge in [0.05, 0.1) is 17.1 Å². The molecular formula is C29H18BN3S. The van der Waals surface area contributed by atoms with Crippen LogP contribution in [-0.4, -0.2) is 12.0 Å².